The minimum atomic E-state index is 0.289. The van der Waals surface area contributed by atoms with Gasteiger partial charge in [0.2, 0.25) is 0 Å². The Labute approximate surface area is 96.7 Å². The zero-order valence-electron chi connectivity index (χ0n) is 7.59. The summed E-state index contributed by atoms with van der Waals surface area (Å²) in [6, 6.07) is 6.25. The van der Waals surface area contributed by atoms with Crippen LogP contribution in [-0.4, -0.2) is 19.8 Å². The fraction of sp³-hybridized carbons (Fsp3) is 0.400. The van der Waals surface area contributed by atoms with Crippen LogP contribution in [0, 0.1) is 0 Å². The highest BCUT2D eigenvalue weighted by atomic mass is 79.9. The molecule has 0 aromatic heterocycles. The van der Waals surface area contributed by atoms with Crippen molar-refractivity contribution in [2.45, 2.75) is 6.04 Å². The molecule has 0 aliphatic carbocycles. The van der Waals surface area contributed by atoms with E-state index in [1.54, 1.807) is 0 Å². The van der Waals surface area contributed by atoms with Crippen LogP contribution in [0.5, 0.6) is 0 Å². The highest BCUT2D eigenvalue weighted by Gasteiger charge is 2.15. The van der Waals surface area contributed by atoms with E-state index in [1.165, 1.54) is 5.56 Å². The quantitative estimate of drug-likeness (QED) is 0.852. The number of morpholine rings is 1. The standard InChI is InChI=1S/C10H11BrClNO/c11-8-5-7(1-2-9(8)12)10-6-14-4-3-13-10/h1-2,5,10,13H,3-4,6H2. The van der Waals surface area contributed by atoms with Crippen LogP contribution in [0.3, 0.4) is 0 Å². The van der Waals surface area contributed by atoms with Gasteiger partial charge in [-0.05, 0) is 33.6 Å². The molecule has 2 rings (SSSR count). The molecule has 0 radical (unpaired) electrons. The van der Waals surface area contributed by atoms with Gasteiger partial charge in [0.05, 0.1) is 24.3 Å². The molecule has 0 spiro atoms. The molecule has 1 aliphatic heterocycles. The lowest BCUT2D eigenvalue weighted by molar-refractivity contribution is 0.0769. The van der Waals surface area contributed by atoms with E-state index in [0.717, 1.165) is 29.3 Å². The molecule has 14 heavy (non-hydrogen) atoms. The lowest BCUT2D eigenvalue weighted by Crippen LogP contribution is -2.34. The smallest absolute Gasteiger partial charge is 0.0662 e. The fourth-order valence-electron chi connectivity index (χ4n) is 1.51. The summed E-state index contributed by atoms with van der Waals surface area (Å²) in [7, 11) is 0. The van der Waals surface area contributed by atoms with Crippen molar-refractivity contribution in [3.8, 4) is 0 Å². The SMILES string of the molecule is Clc1ccc(C2COCCN2)cc1Br. The van der Waals surface area contributed by atoms with E-state index in [2.05, 4.69) is 21.2 Å². The van der Waals surface area contributed by atoms with E-state index in [-0.39, 0.29) is 6.04 Å². The maximum absolute atomic E-state index is 5.92. The van der Waals surface area contributed by atoms with Crippen LogP contribution in [-0.2, 0) is 4.74 Å². The van der Waals surface area contributed by atoms with Gasteiger partial charge in [0.25, 0.3) is 0 Å². The van der Waals surface area contributed by atoms with Gasteiger partial charge >= 0.3 is 0 Å². The molecule has 1 fully saturated rings. The molecule has 1 heterocycles. The molecule has 2 nitrogen and oxygen atoms in total. The molecule has 1 saturated heterocycles. The van der Waals surface area contributed by atoms with Gasteiger partial charge in [-0.25, -0.2) is 0 Å². The third-order valence-corrected chi connectivity index (χ3v) is 3.48. The summed E-state index contributed by atoms with van der Waals surface area (Å²) in [5.74, 6) is 0. The van der Waals surface area contributed by atoms with Crippen molar-refractivity contribution < 1.29 is 4.74 Å². The molecule has 1 aromatic rings. The minimum absolute atomic E-state index is 0.289. The average Bonchev–Trinajstić information content (AvgIpc) is 2.23. The number of halogens is 2. The minimum Gasteiger partial charge on any atom is -0.378 e. The molecule has 1 aliphatic rings. The van der Waals surface area contributed by atoms with Gasteiger partial charge in [0, 0.05) is 11.0 Å². The summed E-state index contributed by atoms with van der Waals surface area (Å²) < 4.78 is 6.33. The predicted molar refractivity (Wildman–Crippen MR) is 60.7 cm³/mol. The summed E-state index contributed by atoms with van der Waals surface area (Å²) in [4.78, 5) is 0. The zero-order chi connectivity index (χ0) is 9.97. The van der Waals surface area contributed by atoms with Crippen LogP contribution in [0.25, 0.3) is 0 Å². The highest BCUT2D eigenvalue weighted by molar-refractivity contribution is 9.10. The molecule has 0 bridgehead atoms. The number of benzene rings is 1. The first-order valence-electron chi connectivity index (χ1n) is 4.53. The summed E-state index contributed by atoms with van der Waals surface area (Å²) in [5.41, 5.74) is 1.21. The molecule has 1 unspecified atom stereocenters. The second-order valence-corrected chi connectivity index (χ2v) is 4.52. The lowest BCUT2D eigenvalue weighted by atomic mass is 10.1. The van der Waals surface area contributed by atoms with Gasteiger partial charge in [-0.3, -0.25) is 0 Å². The zero-order valence-corrected chi connectivity index (χ0v) is 9.94. The van der Waals surface area contributed by atoms with Crippen molar-refractivity contribution in [1.29, 1.82) is 0 Å². The maximum Gasteiger partial charge on any atom is 0.0662 e. The Bertz CT molecular complexity index is 326. The van der Waals surface area contributed by atoms with Gasteiger partial charge < -0.3 is 10.1 Å². The monoisotopic (exact) mass is 275 g/mol. The van der Waals surface area contributed by atoms with E-state index in [4.69, 9.17) is 16.3 Å². The molecule has 0 amide bonds. The molecule has 0 saturated carbocycles. The van der Waals surface area contributed by atoms with Crippen molar-refractivity contribution in [2.75, 3.05) is 19.8 Å². The molecule has 1 aromatic carbocycles. The third-order valence-electron chi connectivity index (χ3n) is 2.27. The second kappa shape index (κ2) is 4.62. The number of nitrogens with one attached hydrogen (secondary N) is 1. The first-order valence-corrected chi connectivity index (χ1v) is 5.70. The normalized spacial score (nSPS) is 22.3. The molecule has 1 atom stereocenters. The van der Waals surface area contributed by atoms with Crippen molar-refractivity contribution in [3.63, 3.8) is 0 Å². The number of hydrogen-bond donors (Lipinski definition) is 1. The van der Waals surface area contributed by atoms with Gasteiger partial charge in [0.1, 0.15) is 0 Å². The van der Waals surface area contributed by atoms with Crippen molar-refractivity contribution >= 4 is 27.5 Å². The first-order chi connectivity index (χ1) is 6.77. The van der Waals surface area contributed by atoms with Crippen molar-refractivity contribution in [1.82, 2.24) is 5.32 Å². The first kappa shape index (κ1) is 10.4. The van der Waals surface area contributed by atoms with Crippen molar-refractivity contribution in [2.24, 2.45) is 0 Å². The van der Waals surface area contributed by atoms with Crippen LogP contribution in [0.1, 0.15) is 11.6 Å². The average molecular weight is 277 g/mol. The van der Waals surface area contributed by atoms with Gasteiger partial charge in [-0.1, -0.05) is 17.7 Å². The summed E-state index contributed by atoms with van der Waals surface area (Å²) in [6.45, 7) is 2.43. The van der Waals surface area contributed by atoms with Gasteiger partial charge in [0.15, 0.2) is 0 Å². The Morgan fingerprint density at radius 2 is 2.36 bits per heavy atom. The van der Waals surface area contributed by atoms with E-state index in [1.807, 2.05) is 18.2 Å². The van der Waals surface area contributed by atoms with E-state index >= 15 is 0 Å². The third kappa shape index (κ3) is 2.28. The predicted octanol–water partition coefficient (Wildman–Crippen LogP) is 2.76. The summed E-state index contributed by atoms with van der Waals surface area (Å²) >= 11 is 9.33. The molecule has 4 heteroatoms. The van der Waals surface area contributed by atoms with Crippen LogP contribution in [0.15, 0.2) is 22.7 Å². The number of hydrogen-bond acceptors (Lipinski definition) is 2. The fourth-order valence-corrected chi connectivity index (χ4v) is 2.02. The van der Waals surface area contributed by atoms with Crippen molar-refractivity contribution in [3.05, 3.63) is 33.3 Å². The van der Waals surface area contributed by atoms with Gasteiger partial charge in [-0.2, -0.15) is 0 Å². The maximum atomic E-state index is 5.92. The van der Waals surface area contributed by atoms with Crippen LogP contribution in [0.4, 0.5) is 0 Å². The molecular formula is C10H11BrClNO. The molecule has 1 N–H and O–H groups in total. The Morgan fingerprint density at radius 3 is 3.00 bits per heavy atom. The second-order valence-electron chi connectivity index (χ2n) is 3.26. The Kier molecular flexibility index (Phi) is 3.44. The van der Waals surface area contributed by atoms with E-state index in [0.29, 0.717) is 0 Å². The Balaban J connectivity index is 2.18. The lowest BCUT2D eigenvalue weighted by Gasteiger charge is -2.24. The largest absolute Gasteiger partial charge is 0.378 e. The Morgan fingerprint density at radius 1 is 1.50 bits per heavy atom. The van der Waals surface area contributed by atoms with Crippen LogP contribution in [0.2, 0.25) is 5.02 Å². The van der Waals surface area contributed by atoms with Crippen LogP contribution >= 0.6 is 27.5 Å². The topological polar surface area (TPSA) is 21.3 Å². The van der Waals surface area contributed by atoms with E-state index in [9.17, 15) is 0 Å². The van der Waals surface area contributed by atoms with E-state index < -0.39 is 0 Å². The Hall–Kier alpha value is -0.0900. The summed E-state index contributed by atoms with van der Waals surface area (Å²) in [6.07, 6.45) is 0. The summed E-state index contributed by atoms with van der Waals surface area (Å²) in [5, 5.41) is 4.13. The molecular weight excluding hydrogens is 265 g/mol. The number of ether oxygens (including phenoxy) is 1. The highest BCUT2D eigenvalue weighted by Crippen LogP contribution is 2.26. The number of rotatable bonds is 1. The van der Waals surface area contributed by atoms with Gasteiger partial charge in [-0.15, -0.1) is 0 Å². The van der Waals surface area contributed by atoms with Crippen LogP contribution < -0.4 is 5.32 Å². The molecule has 76 valence electrons.